The molecule has 14 heavy (non-hydrogen) atoms. The van der Waals surface area contributed by atoms with Gasteiger partial charge >= 0.3 is 8.56 Å². The molecule has 1 amide bonds. The van der Waals surface area contributed by atoms with Crippen LogP contribution in [0.1, 0.15) is 20.3 Å². The fourth-order valence-electron chi connectivity index (χ4n) is 1.37. The van der Waals surface area contributed by atoms with E-state index in [2.05, 4.69) is 11.9 Å². The monoisotopic (exact) mass is 219 g/mol. The second-order valence-corrected chi connectivity index (χ2v) is 6.52. The van der Waals surface area contributed by atoms with E-state index in [-0.39, 0.29) is 0 Å². The summed E-state index contributed by atoms with van der Waals surface area (Å²) in [7, 11) is -1.96. The maximum Gasteiger partial charge on any atom is 0.334 e. The molecule has 4 nitrogen and oxygen atoms in total. The van der Waals surface area contributed by atoms with Gasteiger partial charge in [0.05, 0.1) is 0 Å². The Kier molecular flexibility index (Phi) is 7.74. The van der Waals surface area contributed by atoms with Gasteiger partial charge in [-0.25, -0.2) is 0 Å². The zero-order valence-corrected chi connectivity index (χ0v) is 10.3. The highest BCUT2D eigenvalue weighted by Gasteiger charge is 2.29. The molecule has 0 spiro atoms. The average molecular weight is 219 g/mol. The van der Waals surface area contributed by atoms with Crippen LogP contribution in [0.3, 0.4) is 0 Å². The average Bonchev–Trinajstić information content (AvgIpc) is 2.13. The minimum atomic E-state index is -1.96. The predicted molar refractivity (Wildman–Crippen MR) is 58.4 cm³/mol. The van der Waals surface area contributed by atoms with Crippen molar-refractivity contribution in [1.29, 1.82) is 0 Å². The molecule has 0 aromatic carbocycles. The Bertz CT molecular complexity index is 149. The first kappa shape index (κ1) is 13.6. The Labute approximate surface area is 87.2 Å². The van der Waals surface area contributed by atoms with Crippen LogP contribution >= 0.6 is 0 Å². The van der Waals surface area contributed by atoms with Crippen LogP contribution in [0.5, 0.6) is 0 Å². The van der Waals surface area contributed by atoms with Gasteiger partial charge < -0.3 is 14.2 Å². The predicted octanol–water partition coefficient (Wildman–Crippen LogP) is 1.27. The molecule has 0 aromatic heterocycles. The van der Waals surface area contributed by atoms with Crippen LogP contribution in [-0.2, 0) is 13.6 Å². The van der Waals surface area contributed by atoms with Crippen molar-refractivity contribution in [3.63, 3.8) is 0 Å². The number of rotatable bonds is 9. The van der Waals surface area contributed by atoms with E-state index in [9.17, 15) is 4.79 Å². The quantitative estimate of drug-likeness (QED) is 0.361. The highest BCUT2D eigenvalue weighted by atomic mass is 28.4. The number of hydrogen-bond donors (Lipinski definition) is 1. The van der Waals surface area contributed by atoms with Gasteiger partial charge in [0.15, 0.2) is 0 Å². The van der Waals surface area contributed by atoms with Crippen molar-refractivity contribution in [1.82, 2.24) is 5.32 Å². The molecule has 0 unspecified atom stereocenters. The third-order valence-electron chi connectivity index (χ3n) is 1.93. The Morgan fingerprint density at radius 3 is 2.29 bits per heavy atom. The van der Waals surface area contributed by atoms with Crippen LogP contribution < -0.4 is 5.32 Å². The molecule has 0 aliphatic rings. The van der Waals surface area contributed by atoms with Gasteiger partial charge in [-0.05, 0) is 32.9 Å². The smallest absolute Gasteiger partial charge is 0.334 e. The molecule has 84 valence electrons. The molecular formula is C9H21NO3Si. The van der Waals surface area contributed by atoms with Crippen molar-refractivity contribution >= 4 is 15.0 Å². The Hall–Kier alpha value is -0.393. The standard InChI is InChI=1S/C9H21NO3Si/c1-4-12-14(3,13-5-2)8-6-7-10-9-11/h9H,4-8H2,1-3H3,(H,10,11). The van der Waals surface area contributed by atoms with Crippen LogP contribution in [0.15, 0.2) is 0 Å². The molecule has 0 saturated heterocycles. The summed E-state index contributed by atoms with van der Waals surface area (Å²) in [5.41, 5.74) is 0. The Morgan fingerprint density at radius 1 is 1.29 bits per heavy atom. The van der Waals surface area contributed by atoms with E-state index < -0.39 is 8.56 Å². The van der Waals surface area contributed by atoms with Crippen LogP contribution in [-0.4, -0.2) is 34.7 Å². The lowest BCUT2D eigenvalue weighted by Crippen LogP contribution is -2.39. The van der Waals surface area contributed by atoms with Crippen LogP contribution in [0, 0.1) is 0 Å². The molecule has 0 atom stereocenters. The molecule has 0 radical (unpaired) electrons. The van der Waals surface area contributed by atoms with Crippen molar-refractivity contribution in [2.24, 2.45) is 0 Å². The minimum absolute atomic E-state index is 0.698. The van der Waals surface area contributed by atoms with E-state index in [4.69, 9.17) is 8.85 Å². The van der Waals surface area contributed by atoms with Crippen LogP contribution in [0.4, 0.5) is 0 Å². The summed E-state index contributed by atoms with van der Waals surface area (Å²) in [5, 5.41) is 2.64. The lowest BCUT2D eigenvalue weighted by molar-refractivity contribution is -0.109. The van der Waals surface area contributed by atoms with E-state index in [0.29, 0.717) is 19.8 Å². The topological polar surface area (TPSA) is 47.6 Å². The van der Waals surface area contributed by atoms with Crippen molar-refractivity contribution in [2.45, 2.75) is 32.9 Å². The first-order chi connectivity index (χ1) is 6.68. The van der Waals surface area contributed by atoms with E-state index in [1.165, 1.54) is 0 Å². The minimum Gasteiger partial charge on any atom is -0.395 e. The van der Waals surface area contributed by atoms with Gasteiger partial charge in [-0.1, -0.05) is 0 Å². The summed E-state index contributed by atoms with van der Waals surface area (Å²) in [4.78, 5) is 10.0. The molecular weight excluding hydrogens is 198 g/mol. The van der Waals surface area contributed by atoms with E-state index in [1.54, 1.807) is 0 Å². The van der Waals surface area contributed by atoms with Gasteiger partial charge in [0.25, 0.3) is 0 Å². The first-order valence-corrected chi connectivity index (χ1v) is 7.65. The van der Waals surface area contributed by atoms with Crippen LogP contribution in [0.2, 0.25) is 12.6 Å². The van der Waals surface area contributed by atoms with Gasteiger partial charge in [0.1, 0.15) is 0 Å². The van der Waals surface area contributed by atoms with Gasteiger partial charge in [0.2, 0.25) is 6.41 Å². The lowest BCUT2D eigenvalue weighted by atomic mass is 10.5. The lowest BCUT2D eigenvalue weighted by Gasteiger charge is -2.25. The molecule has 0 saturated carbocycles. The molecule has 0 fully saturated rings. The third-order valence-corrected chi connectivity index (χ3v) is 5.00. The molecule has 0 aliphatic heterocycles. The summed E-state index contributed by atoms with van der Waals surface area (Å²) in [6.45, 7) is 8.13. The van der Waals surface area contributed by atoms with E-state index in [1.807, 2.05) is 13.8 Å². The number of hydrogen-bond acceptors (Lipinski definition) is 3. The summed E-state index contributed by atoms with van der Waals surface area (Å²) in [6, 6.07) is 0.926. The van der Waals surface area contributed by atoms with Crippen molar-refractivity contribution < 1.29 is 13.6 Å². The fourth-order valence-corrected chi connectivity index (χ4v) is 3.78. The van der Waals surface area contributed by atoms with Crippen molar-refractivity contribution in [2.75, 3.05) is 19.8 Å². The zero-order chi connectivity index (χ0) is 10.9. The highest BCUT2D eigenvalue weighted by Crippen LogP contribution is 2.15. The van der Waals surface area contributed by atoms with Gasteiger partial charge in [0, 0.05) is 19.8 Å². The number of nitrogens with one attached hydrogen (secondary N) is 1. The maximum atomic E-state index is 10.0. The molecule has 0 aliphatic carbocycles. The molecule has 0 aromatic rings. The summed E-state index contributed by atoms with van der Waals surface area (Å²) in [5.74, 6) is 0. The fraction of sp³-hybridized carbons (Fsp3) is 0.889. The van der Waals surface area contributed by atoms with Crippen molar-refractivity contribution in [3.05, 3.63) is 0 Å². The number of carbonyl (C=O) groups excluding carboxylic acids is 1. The molecule has 5 heteroatoms. The van der Waals surface area contributed by atoms with E-state index >= 15 is 0 Å². The Morgan fingerprint density at radius 2 is 1.86 bits per heavy atom. The molecule has 0 rings (SSSR count). The normalized spacial score (nSPS) is 11.4. The van der Waals surface area contributed by atoms with Crippen molar-refractivity contribution in [3.8, 4) is 0 Å². The summed E-state index contributed by atoms with van der Waals surface area (Å²) >= 11 is 0. The summed E-state index contributed by atoms with van der Waals surface area (Å²) < 4.78 is 11.3. The largest absolute Gasteiger partial charge is 0.395 e. The summed E-state index contributed by atoms with van der Waals surface area (Å²) in [6.07, 6.45) is 1.64. The highest BCUT2D eigenvalue weighted by molar-refractivity contribution is 6.66. The maximum absolute atomic E-state index is 10.0. The van der Waals surface area contributed by atoms with Gasteiger partial charge in [-0.15, -0.1) is 0 Å². The van der Waals surface area contributed by atoms with Crippen LogP contribution in [0.25, 0.3) is 0 Å². The third kappa shape index (κ3) is 6.12. The molecule has 1 N–H and O–H groups in total. The molecule has 0 heterocycles. The second-order valence-electron chi connectivity index (χ2n) is 3.18. The zero-order valence-electron chi connectivity index (χ0n) is 9.34. The first-order valence-electron chi connectivity index (χ1n) is 5.13. The van der Waals surface area contributed by atoms with Gasteiger partial charge in [-0.2, -0.15) is 0 Å². The van der Waals surface area contributed by atoms with Gasteiger partial charge in [-0.3, -0.25) is 4.79 Å². The second kappa shape index (κ2) is 7.96. The van der Waals surface area contributed by atoms with E-state index in [0.717, 1.165) is 18.9 Å². The number of amides is 1. The number of carbonyl (C=O) groups is 1. The SMILES string of the molecule is CCO[Si](C)(CCCNC=O)OCC. The molecule has 0 bridgehead atoms. The Balaban J connectivity index is 3.76.